The Labute approximate surface area is 123 Å². The number of ether oxygens (including phenoxy) is 3. The van der Waals surface area contributed by atoms with E-state index >= 15 is 0 Å². The average Bonchev–Trinajstić information content (AvgIpc) is 2.53. The van der Waals surface area contributed by atoms with Crippen LogP contribution in [0.4, 0.5) is 10.1 Å². The molecule has 0 spiro atoms. The molecule has 0 atom stereocenters. The van der Waals surface area contributed by atoms with Crippen molar-refractivity contribution in [3.63, 3.8) is 0 Å². The highest BCUT2D eigenvalue weighted by Crippen LogP contribution is 2.31. The molecule has 0 aliphatic carbocycles. The Balaban J connectivity index is 2.16. The van der Waals surface area contributed by atoms with Gasteiger partial charge in [-0.3, -0.25) is 0 Å². The van der Waals surface area contributed by atoms with Gasteiger partial charge >= 0.3 is 0 Å². The second kappa shape index (κ2) is 6.83. The molecule has 0 radical (unpaired) electrons. The van der Waals surface area contributed by atoms with E-state index in [9.17, 15) is 4.39 Å². The van der Waals surface area contributed by atoms with E-state index in [1.165, 1.54) is 13.2 Å². The number of halogens is 1. The number of benzene rings is 2. The van der Waals surface area contributed by atoms with E-state index in [0.29, 0.717) is 18.0 Å². The molecule has 2 rings (SSSR count). The molecule has 2 aromatic carbocycles. The van der Waals surface area contributed by atoms with Crippen molar-refractivity contribution in [2.75, 3.05) is 26.6 Å². The maximum Gasteiger partial charge on any atom is 0.165 e. The van der Waals surface area contributed by atoms with Crippen LogP contribution in [0.15, 0.2) is 36.4 Å². The van der Waals surface area contributed by atoms with E-state index in [2.05, 4.69) is 5.32 Å². The fraction of sp³-hybridized carbons (Fsp3) is 0.250. The summed E-state index contributed by atoms with van der Waals surface area (Å²) in [4.78, 5) is 0. The van der Waals surface area contributed by atoms with Crippen LogP contribution < -0.4 is 19.5 Å². The van der Waals surface area contributed by atoms with Crippen molar-refractivity contribution in [3.8, 4) is 17.2 Å². The Kier molecular flexibility index (Phi) is 4.87. The first-order chi connectivity index (χ1) is 10.2. The van der Waals surface area contributed by atoms with Gasteiger partial charge in [-0.05, 0) is 18.2 Å². The zero-order valence-electron chi connectivity index (χ0n) is 12.3. The third-order valence-corrected chi connectivity index (χ3v) is 3.12. The molecule has 0 unspecified atom stereocenters. The van der Waals surface area contributed by atoms with Gasteiger partial charge in [0.15, 0.2) is 23.1 Å². The summed E-state index contributed by atoms with van der Waals surface area (Å²) in [5.74, 6) is 1.18. The van der Waals surface area contributed by atoms with E-state index in [1.807, 2.05) is 18.2 Å². The Morgan fingerprint density at radius 2 is 1.71 bits per heavy atom. The first-order valence-corrected chi connectivity index (χ1v) is 6.47. The molecule has 0 fully saturated rings. The Bertz CT molecular complexity index is 616. The first kappa shape index (κ1) is 15.0. The number of hydrogen-bond acceptors (Lipinski definition) is 4. The summed E-state index contributed by atoms with van der Waals surface area (Å²) in [5, 5.41) is 3.21. The molecule has 4 nitrogen and oxygen atoms in total. The van der Waals surface area contributed by atoms with Gasteiger partial charge in [0.2, 0.25) is 0 Å². The molecule has 2 aromatic rings. The fourth-order valence-electron chi connectivity index (χ4n) is 2.06. The quantitative estimate of drug-likeness (QED) is 0.884. The van der Waals surface area contributed by atoms with Crippen molar-refractivity contribution in [1.82, 2.24) is 0 Å². The molecule has 5 heteroatoms. The van der Waals surface area contributed by atoms with Crippen molar-refractivity contribution >= 4 is 5.69 Å². The van der Waals surface area contributed by atoms with Gasteiger partial charge in [-0.1, -0.05) is 12.1 Å². The standard InChI is InChI=1S/C16H18FNO3/c1-19-14-6-4-5-11(16(14)21-3)10-18-12-7-8-13(17)15(9-12)20-2/h4-9,18H,10H2,1-3H3. The predicted molar refractivity (Wildman–Crippen MR) is 79.8 cm³/mol. The predicted octanol–water partition coefficient (Wildman–Crippen LogP) is 3.46. The highest BCUT2D eigenvalue weighted by molar-refractivity contribution is 5.52. The summed E-state index contributed by atoms with van der Waals surface area (Å²) in [6.07, 6.45) is 0. The molecule has 0 saturated heterocycles. The fourth-order valence-corrected chi connectivity index (χ4v) is 2.06. The van der Waals surface area contributed by atoms with E-state index in [-0.39, 0.29) is 11.6 Å². The molecular formula is C16H18FNO3. The van der Waals surface area contributed by atoms with Crippen molar-refractivity contribution in [2.24, 2.45) is 0 Å². The van der Waals surface area contributed by atoms with Crippen LogP contribution in [0.1, 0.15) is 5.56 Å². The highest BCUT2D eigenvalue weighted by Gasteiger charge is 2.09. The topological polar surface area (TPSA) is 39.7 Å². The van der Waals surface area contributed by atoms with Crippen molar-refractivity contribution in [2.45, 2.75) is 6.54 Å². The number of methoxy groups -OCH3 is 3. The van der Waals surface area contributed by atoms with Crippen LogP contribution in [-0.2, 0) is 6.54 Å². The van der Waals surface area contributed by atoms with Crippen LogP contribution in [0, 0.1) is 5.82 Å². The van der Waals surface area contributed by atoms with Crippen molar-refractivity contribution in [1.29, 1.82) is 0 Å². The molecule has 1 N–H and O–H groups in total. The summed E-state index contributed by atoms with van der Waals surface area (Å²) < 4.78 is 28.9. The van der Waals surface area contributed by atoms with Crippen LogP contribution >= 0.6 is 0 Å². The van der Waals surface area contributed by atoms with Crippen LogP contribution in [0.3, 0.4) is 0 Å². The summed E-state index contributed by atoms with van der Waals surface area (Å²) >= 11 is 0. The smallest absolute Gasteiger partial charge is 0.165 e. The number of anilines is 1. The van der Waals surface area contributed by atoms with Gasteiger partial charge < -0.3 is 19.5 Å². The monoisotopic (exact) mass is 291 g/mol. The zero-order valence-corrected chi connectivity index (χ0v) is 12.3. The molecule has 0 aliphatic rings. The minimum absolute atomic E-state index is 0.206. The van der Waals surface area contributed by atoms with E-state index in [0.717, 1.165) is 11.3 Å². The maximum absolute atomic E-state index is 13.4. The normalized spacial score (nSPS) is 10.1. The van der Waals surface area contributed by atoms with Gasteiger partial charge in [0.05, 0.1) is 21.3 Å². The van der Waals surface area contributed by atoms with Crippen LogP contribution in [0.2, 0.25) is 0 Å². The van der Waals surface area contributed by atoms with E-state index < -0.39 is 0 Å². The average molecular weight is 291 g/mol. The largest absolute Gasteiger partial charge is 0.494 e. The van der Waals surface area contributed by atoms with Gasteiger partial charge in [-0.2, -0.15) is 0 Å². The summed E-state index contributed by atoms with van der Waals surface area (Å²) in [6, 6.07) is 10.3. The third kappa shape index (κ3) is 3.37. The van der Waals surface area contributed by atoms with Gasteiger partial charge in [-0.15, -0.1) is 0 Å². The highest BCUT2D eigenvalue weighted by atomic mass is 19.1. The van der Waals surface area contributed by atoms with Gasteiger partial charge in [0.25, 0.3) is 0 Å². The molecule has 0 amide bonds. The lowest BCUT2D eigenvalue weighted by molar-refractivity contribution is 0.352. The number of hydrogen-bond donors (Lipinski definition) is 1. The molecule has 0 bridgehead atoms. The lowest BCUT2D eigenvalue weighted by Gasteiger charge is -2.14. The van der Waals surface area contributed by atoms with Crippen molar-refractivity contribution < 1.29 is 18.6 Å². The molecule has 0 aromatic heterocycles. The van der Waals surface area contributed by atoms with Crippen LogP contribution in [0.25, 0.3) is 0 Å². The number of rotatable bonds is 6. The number of nitrogens with one attached hydrogen (secondary N) is 1. The summed E-state index contributed by atoms with van der Waals surface area (Å²) in [6.45, 7) is 0.523. The molecular weight excluding hydrogens is 273 g/mol. The first-order valence-electron chi connectivity index (χ1n) is 6.47. The second-order valence-electron chi connectivity index (χ2n) is 4.36. The SMILES string of the molecule is COc1cc(NCc2cccc(OC)c2OC)ccc1F. The Morgan fingerprint density at radius 3 is 2.38 bits per heavy atom. The van der Waals surface area contributed by atoms with Gasteiger partial charge in [0, 0.05) is 23.9 Å². The molecule has 21 heavy (non-hydrogen) atoms. The Hall–Kier alpha value is -2.43. The molecule has 0 heterocycles. The summed E-state index contributed by atoms with van der Waals surface area (Å²) in [5.41, 5.74) is 1.71. The van der Waals surface area contributed by atoms with E-state index in [1.54, 1.807) is 26.4 Å². The zero-order chi connectivity index (χ0) is 15.2. The van der Waals surface area contributed by atoms with Crippen molar-refractivity contribution in [3.05, 3.63) is 47.8 Å². The van der Waals surface area contributed by atoms with Crippen LogP contribution in [0.5, 0.6) is 17.2 Å². The molecule has 112 valence electrons. The maximum atomic E-state index is 13.4. The molecule has 0 saturated carbocycles. The minimum atomic E-state index is -0.387. The number of para-hydroxylation sites is 1. The van der Waals surface area contributed by atoms with Gasteiger partial charge in [-0.25, -0.2) is 4.39 Å². The molecule has 0 aliphatic heterocycles. The Morgan fingerprint density at radius 1 is 0.952 bits per heavy atom. The second-order valence-corrected chi connectivity index (χ2v) is 4.36. The third-order valence-electron chi connectivity index (χ3n) is 3.12. The minimum Gasteiger partial charge on any atom is -0.494 e. The van der Waals surface area contributed by atoms with Crippen LogP contribution in [-0.4, -0.2) is 21.3 Å². The van der Waals surface area contributed by atoms with Gasteiger partial charge in [0.1, 0.15) is 0 Å². The van der Waals surface area contributed by atoms with E-state index in [4.69, 9.17) is 14.2 Å². The lowest BCUT2D eigenvalue weighted by Crippen LogP contribution is -2.03. The lowest BCUT2D eigenvalue weighted by atomic mass is 10.1. The summed E-state index contributed by atoms with van der Waals surface area (Å²) in [7, 11) is 4.63.